The molecule has 0 radical (unpaired) electrons. The molecule has 0 spiro atoms. The average molecular weight is 250 g/mol. The van der Waals surface area contributed by atoms with Crippen molar-refractivity contribution in [2.45, 2.75) is 25.9 Å². The van der Waals surface area contributed by atoms with Gasteiger partial charge in [0.05, 0.1) is 6.10 Å². The molecule has 0 aromatic carbocycles. The zero-order valence-corrected chi connectivity index (χ0v) is 11.2. The van der Waals surface area contributed by atoms with Crippen molar-refractivity contribution in [3.63, 3.8) is 0 Å². The first-order valence-corrected chi connectivity index (χ1v) is 6.59. The molecule has 1 aliphatic rings. The van der Waals surface area contributed by atoms with Gasteiger partial charge in [0.25, 0.3) is 0 Å². The number of ether oxygens (including phenoxy) is 1. The van der Waals surface area contributed by atoms with Crippen molar-refractivity contribution >= 4 is 5.82 Å². The Morgan fingerprint density at radius 3 is 2.89 bits per heavy atom. The van der Waals surface area contributed by atoms with Gasteiger partial charge in [-0.25, -0.2) is 4.98 Å². The molecule has 0 unspecified atom stereocenters. The molecule has 1 N–H and O–H groups in total. The van der Waals surface area contributed by atoms with E-state index in [1.807, 2.05) is 12.1 Å². The van der Waals surface area contributed by atoms with Crippen molar-refractivity contribution in [1.82, 2.24) is 4.98 Å². The molecule has 1 aliphatic heterocycles. The van der Waals surface area contributed by atoms with Crippen LogP contribution < -0.4 is 4.90 Å². The van der Waals surface area contributed by atoms with E-state index in [0.717, 1.165) is 44.0 Å². The number of hydrogen-bond acceptors (Lipinski definition) is 4. The van der Waals surface area contributed by atoms with Crippen LogP contribution in [-0.2, 0) is 4.74 Å². The number of nitrogens with zero attached hydrogens (tertiary/aromatic N) is 2. The third-order valence-corrected chi connectivity index (χ3v) is 3.52. The van der Waals surface area contributed by atoms with E-state index in [9.17, 15) is 5.11 Å². The highest BCUT2D eigenvalue weighted by molar-refractivity contribution is 5.40. The van der Waals surface area contributed by atoms with Gasteiger partial charge in [-0.1, -0.05) is 0 Å². The van der Waals surface area contributed by atoms with Gasteiger partial charge in [-0.3, -0.25) is 0 Å². The molecule has 0 amide bonds. The fourth-order valence-electron chi connectivity index (χ4n) is 2.31. The molecule has 1 fully saturated rings. The first kappa shape index (κ1) is 13.3. The van der Waals surface area contributed by atoms with Crippen LogP contribution in [0.2, 0.25) is 0 Å². The van der Waals surface area contributed by atoms with Crippen LogP contribution in [0, 0.1) is 5.92 Å². The lowest BCUT2D eigenvalue weighted by Crippen LogP contribution is -2.30. The second-order valence-corrected chi connectivity index (χ2v) is 5.06. The molecule has 0 aliphatic carbocycles. The highest BCUT2D eigenvalue weighted by Crippen LogP contribution is 2.21. The molecule has 1 aromatic rings. The van der Waals surface area contributed by atoms with Crippen LogP contribution in [0.3, 0.4) is 0 Å². The molecule has 1 saturated heterocycles. The smallest absolute Gasteiger partial charge is 0.128 e. The van der Waals surface area contributed by atoms with Crippen LogP contribution in [-0.4, -0.2) is 36.9 Å². The molecule has 2 rings (SSSR count). The summed E-state index contributed by atoms with van der Waals surface area (Å²) in [4.78, 5) is 6.54. The number of rotatable bonds is 4. The van der Waals surface area contributed by atoms with Gasteiger partial charge in [-0.15, -0.1) is 0 Å². The summed E-state index contributed by atoms with van der Waals surface area (Å²) >= 11 is 0. The summed E-state index contributed by atoms with van der Waals surface area (Å²) in [6.07, 6.45) is 3.57. The quantitative estimate of drug-likeness (QED) is 0.887. The minimum absolute atomic E-state index is 0.441. The average Bonchev–Trinajstić information content (AvgIpc) is 2.40. The summed E-state index contributed by atoms with van der Waals surface area (Å²) in [5.41, 5.74) is 0.916. The zero-order chi connectivity index (χ0) is 13.0. The third kappa shape index (κ3) is 3.43. The molecule has 18 heavy (non-hydrogen) atoms. The number of anilines is 1. The number of pyridine rings is 1. The maximum absolute atomic E-state index is 9.59. The van der Waals surface area contributed by atoms with Crippen molar-refractivity contribution in [2.24, 2.45) is 5.92 Å². The molecule has 0 bridgehead atoms. The lowest BCUT2D eigenvalue weighted by molar-refractivity contribution is 0.0685. The summed E-state index contributed by atoms with van der Waals surface area (Å²) in [6.45, 7) is 4.52. The predicted molar refractivity (Wildman–Crippen MR) is 71.7 cm³/mol. The number of aliphatic hydroxyl groups is 1. The minimum atomic E-state index is -0.441. The Morgan fingerprint density at radius 2 is 2.22 bits per heavy atom. The molecule has 1 atom stereocenters. The van der Waals surface area contributed by atoms with E-state index in [2.05, 4.69) is 16.9 Å². The molecule has 4 nitrogen and oxygen atoms in total. The van der Waals surface area contributed by atoms with E-state index in [0.29, 0.717) is 5.92 Å². The summed E-state index contributed by atoms with van der Waals surface area (Å²) in [5, 5.41) is 9.59. The maximum atomic E-state index is 9.59. The van der Waals surface area contributed by atoms with E-state index in [1.165, 1.54) is 0 Å². The highest BCUT2D eigenvalue weighted by Gasteiger charge is 2.16. The Labute approximate surface area is 109 Å². The second kappa shape index (κ2) is 6.16. The first-order chi connectivity index (χ1) is 8.66. The monoisotopic (exact) mass is 250 g/mol. The van der Waals surface area contributed by atoms with E-state index >= 15 is 0 Å². The fraction of sp³-hybridized carbons (Fsp3) is 0.643. The van der Waals surface area contributed by atoms with Crippen LogP contribution in [0.5, 0.6) is 0 Å². The lowest BCUT2D eigenvalue weighted by atomic mass is 10.00. The Morgan fingerprint density at radius 1 is 1.50 bits per heavy atom. The molecule has 2 heterocycles. The van der Waals surface area contributed by atoms with Crippen molar-refractivity contribution in [1.29, 1.82) is 0 Å². The van der Waals surface area contributed by atoms with Gasteiger partial charge in [0.1, 0.15) is 5.82 Å². The topological polar surface area (TPSA) is 45.6 Å². The summed E-state index contributed by atoms with van der Waals surface area (Å²) in [6, 6.07) is 3.82. The summed E-state index contributed by atoms with van der Waals surface area (Å²) in [5.74, 6) is 1.61. The van der Waals surface area contributed by atoms with Crippen LogP contribution in [0.25, 0.3) is 0 Å². The van der Waals surface area contributed by atoms with Gasteiger partial charge in [-0.05, 0) is 43.4 Å². The van der Waals surface area contributed by atoms with E-state index < -0.39 is 6.10 Å². The van der Waals surface area contributed by atoms with Crippen molar-refractivity contribution in [3.05, 3.63) is 23.9 Å². The molecular formula is C14H22N2O2. The third-order valence-electron chi connectivity index (χ3n) is 3.52. The van der Waals surface area contributed by atoms with Gasteiger partial charge in [0, 0.05) is 33.0 Å². The Kier molecular flexibility index (Phi) is 4.55. The SMILES string of the molecule is C[C@H](O)c1ccnc(N(C)CC2CCOCC2)c1. The molecule has 1 aromatic heterocycles. The van der Waals surface area contributed by atoms with Crippen LogP contribution in [0.4, 0.5) is 5.82 Å². The summed E-state index contributed by atoms with van der Waals surface area (Å²) in [7, 11) is 2.06. The van der Waals surface area contributed by atoms with Gasteiger partial charge in [-0.2, -0.15) is 0 Å². The van der Waals surface area contributed by atoms with Crippen molar-refractivity contribution in [2.75, 3.05) is 31.7 Å². The number of aromatic nitrogens is 1. The Balaban J connectivity index is 1.99. The van der Waals surface area contributed by atoms with Crippen LogP contribution in [0.15, 0.2) is 18.3 Å². The molecule has 0 saturated carbocycles. The largest absolute Gasteiger partial charge is 0.389 e. The fourth-order valence-corrected chi connectivity index (χ4v) is 2.31. The van der Waals surface area contributed by atoms with E-state index in [-0.39, 0.29) is 0 Å². The number of hydrogen-bond donors (Lipinski definition) is 1. The zero-order valence-electron chi connectivity index (χ0n) is 11.2. The molecule has 100 valence electrons. The standard InChI is InChI=1S/C14H22N2O2/c1-11(17)13-3-6-15-14(9-13)16(2)10-12-4-7-18-8-5-12/h3,6,9,11-12,17H,4-5,7-8,10H2,1-2H3/t11-/m0/s1. The van der Waals surface area contributed by atoms with Gasteiger partial charge < -0.3 is 14.7 Å². The predicted octanol–water partition coefficient (Wildman–Crippen LogP) is 2.00. The molecule has 4 heteroatoms. The second-order valence-electron chi connectivity index (χ2n) is 5.06. The Hall–Kier alpha value is -1.13. The highest BCUT2D eigenvalue weighted by atomic mass is 16.5. The molecular weight excluding hydrogens is 228 g/mol. The normalized spacial score (nSPS) is 18.6. The minimum Gasteiger partial charge on any atom is -0.389 e. The Bertz CT molecular complexity index is 376. The first-order valence-electron chi connectivity index (χ1n) is 6.59. The van der Waals surface area contributed by atoms with E-state index in [1.54, 1.807) is 13.1 Å². The van der Waals surface area contributed by atoms with Gasteiger partial charge in [0.2, 0.25) is 0 Å². The van der Waals surface area contributed by atoms with Gasteiger partial charge in [0.15, 0.2) is 0 Å². The van der Waals surface area contributed by atoms with Crippen LogP contribution >= 0.6 is 0 Å². The maximum Gasteiger partial charge on any atom is 0.128 e. The summed E-state index contributed by atoms with van der Waals surface area (Å²) < 4.78 is 5.37. The van der Waals surface area contributed by atoms with Crippen LogP contribution in [0.1, 0.15) is 31.4 Å². The van der Waals surface area contributed by atoms with E-state index in [4.69, 9.17) is 4.74 Å². The van der Waals surface area contributed by atoms with Crippen molar-refractivity contribution < 1.29 is 9.84 Å². The number of aliphatic hydroxyl groups excluding tert-OH is 1. The van der Waals surface area contributed by atoms with Gasteiger partial charge >= 0.3 is 0 Å². The van der Waals surface area contributed by atoms with Crippen molar-refractivity contribution in [3.8, 4) is 0 Å². The lowest BCUT2D eigenvalue weighted by Gasteiger charge is -2.28.